The number of hydrogen-bond donors (Lipinski definition) is 1. The number of nitrogens with zero attached hydrogens (tertiary/aromatic N) is 1. The number of likely N-dealkylation sites (N-methyl/N-ethyl adjacent to an activating group) is 1. The van der Waals surface area contributed by atoms with Gasteiger partial charge in [-0.25, -0.2) is 4.79 Å². The third-order valence-electron chi connectivity index (χ3n) is 16.0. The Bertz CT molecular complexity index is 1360. The van der Waals surface area contributed by atoms with Gasteiger partial charge in [0.05, 0.1) is 34.4 Å². The van der Waals surface area contributed by atoms with Gasteiger partial charge in [-0.3, -0.25) is 9.59 Å². The fourth-order valence-electron chi connectivity index (χ4n) is 10.6. The second-order valence-corrected chi connectivity index (χ2v) is 25.2. The Morgan fingerprint density at radius 2 is 0.675 bits per heavy atom. The van der Waals surface area contributed by atoms with Crippen LogP contribution in [0, 0.1) is 0 Å². The highest BCUT2D eigenvalue weighted by molar-refractivity contribution is 5.71. The quantitative estimate of drug-likeness (QED) is 0.0211. The van der Waals surface area contributed by atoms with Crippen LogP contribution in [0.15, 0.2) is 24.3 Å². The molecule has 80 heavy (non-hydrogen) atoms. The number of aliphatic carboxylic acids is 1. The fourth-order valence-corrected chi connectivity index (χ4v) is 10.6. The van der Waals surface area contributed by atoms with Crippen LogP contribution in [0.4, 0.5) is 0 Å². The topological polar surface area (TPSA) is 108 Å². The smallest absolute Gasteiger partial charge is 0.361 e. The summed E-state index contributed by atoms with van der Waals surface area (Å²) in [4.78, 5) is 37.5. The first-order chi connectivity index (χ1) is 39.1. The second-order valence-electron chi connectivity index (χ2n) is 25.2. The number of ether oxygens (including phenoxy) is 4. The molecule has 0 bridgehead atoms. The van der Waals surface area contributed by atoms with Gasteiger partial charge in [0.15, 0.2) is 6.10 Å². The molecule has 0 aromatic carbocycles. The van der Waals surface area contributed by atoms with Crippen molar-refractivity contribution >= 4 is 17.9 Å². The van der Waals surface area contributed by atoms with Crippen molar-refractivity contribution in [1.29, 1.82) is 0 Å². The Hall–Kier alpha value is -2.23. The van der Waals surface area contributed by atoms with Crippen LogP contribution < -0.4 is 0 Å². The van der Waals surface area contributed by atoms with Crippen molar-refractivity contribution in [3.05, 3.63) is 24.3 Å². The van der Waals surface area contributed by atoms with Crippen molar-refractivity contribution in [3.63, 3.8) is 0 Å². The minimum absolute atomic E-state index is 0.180. The number of hydrogen-bond acceptors (Lipinski definition) is 7. The van der Waals surface area contributed by atoms with Gasteiger partial charge in [-0.1, -0.05) is 321 Å². The minimum Gasteiger partial charge on any atom is -0.477 e. The Kier molecular flexibility index (Phi) is 61.1. The molecule has 0 aromatic rings. The highest BCUT2D eigenvalue weighted by Crippen LogP contribution is 2.19. The summed E-state index contributed by atoms with van der Waals surface area (Å²) in [5.74, 6) is -1.99. The summed E-state index contributed by atoms with van der Waals surface area (Å²) in [7, 11) is 5.98. The maximum Gasteiger partial charge on any atom is 0.361 e. The molecule has 0 fully saturated rings. The number of carboxylic acids is 1. The van der Waals surface area contributed by atoms with Crippen LogP contribution >= 0.6 is 0 Å². The van der Waals surface area contributed by atoms with Crippen molar-refractivity contribution in [2.75, 3.05) is 47.5 Å². The van der Waals surface area contributed by atoms with E-state index in [1.54, 1.807) is 0 Å². The Balaban J connectivity index is 3.95. The molecule has 0 aliphatic rings. The number of rotatable bonds is 66. The van der Waals surface area contributed by atoms with E-state index < -0.39 is 24.3 Å². The predicted molar refractivity (Wildman–Crippen MR) is 341 cm³/mol. The van der Waals surface area contributed by atoms with Crippen LogP contribution in [0.25, 0.3) is 0 Å². The Morgan fingerprint density at radius 1 is 0.375 bits per heavy atom. The molecule has 0 saturated carbocycles. The van der Waals surface area contributed by atoms with Crippen LogP contribution in [0.1, 0.15) is 354 Å². The summed E-state index contributed by atoms with van der Waals surface area (Å²) < 4.78 is 22.9. The number of allylic oxidation sites excluding steroid dienone is 4. The fraction of sp³-hybridized carbons (Fsp3) is 0.901. The molecule has 2 atom stereocenters. The van der Waals surface area contributed by atoms with Crippen molar-refractivity contribution in [3.8, 4) is 0 Å². The van der Waals surface area contributed by atoms with Crippen molar-refractivity contribution < 1.29 is 42.9 Å². The molecule has 0 aliphatic heterocycles. The van der Waals surface area contributed by atoms with Crippen molar-refractivity contribution in [2.24, 2.45) is 0 Å². The molecule has 0 aromatic heterocycles. The molecule has 9 heteroatoms. The molecule has 0 amide bonds. The van der Waals surface area contributed by atoms with Gasteiger partial charge < -0.3 is 28.5 Å². The lowest BCUT2D eigenvalue weighted by atomic mass is 10.0. The maximum atomic E-state index is 12.9. The largest absolute Gasteiger partial charge is 0.477 e. The van der Waals surface area contributed by atoms with Gasteiger partial charge in [0.25, 0.3) is 6.29 Å². The third-order valence-corrected chi connectivity index (χ3v) is 16.0. The molecular weight excluding hydrogens is 995 g/mol. The van der Waals surface area contributed by atoms with Gasteiger partial charge >= 0.3 is 17.9 Å². The first kappa shape index (κ1) is 77.8. The maximum absolute atomic E-state index is 12.9. The number of unbranched alkanes of at least 4 members (excludes halogenated alkanes) is 47. The summed E-state index contributed by atoms with van der Waals surface area (Å²) in [6.07, 6.45) is 74.6. The lowest BCUT2D eigenvalue weighted by molar-refractivity contribution is -0.870. The van der Waals surface area contributed by atoms with E-state index in [0.29, 0.717) is 23.9 Å². The molecule has 472 valence electrons. The van der Waals surface area contributed by atoms with Crippen LogP contribution in [-0.4, -0.2) is 87.4 Å². The van der Waals surface area contributed by atoms with Crippen LogP contribution in [0.2, 0.25) is 0 Å². The monoisotopic (exact) mass is 1130 g/mol. The highest BCUT2D eigenvalue weighted by Gasteiger charge is 2.25. The zero-order valence-electron chi connectivity index (χ0n) is 54.0. The van der Waals surface area contributed by atoms with E-state index in [4.69, 9.17) is 18.9 Å². The summed E-state index contributed by atoms with van der Waals surface area (Å²) in [6, 6.07) is 0. The minimum atomic E-state index is -1.51. The summed E-state index contributed by atoms with van der Waals surface area (Å²) in [6.45, 7) is 4.91. The molecule has 0 saturated heterocycles. The van der Waals surface area contributed by atoms with E-state index in [1.165, 1.54) is 270 Å². The van der Waals surface area contributed by atoms with Crippen molar-refractivity contribution in [2.45, 2.75) is 367 Å². The average molecular weight is 1130 g/mol. The normalized spacial score (nSPS) is 12.8. The zero-order valence-corrected chi connectivity index (χ0v) is 54.0. The van der Waals surface area contributed by atoms with E-state index in [0.717, 1.165) is 51.4 Å². The SMILES string of the molecule is CCCCCC/C=C\C/C=C\CCCCCCCCCC(=O)OC(COC(=O)CCCCCCCCCCCCCCCCCCCCCCCCCCCCCCCCCCCCCCC)COC(OCC[N+](C)(C)C)C(=O)O. The highest BCUT2D eigenvalue weighted by atomic mass is 16.7. The standard InChI is InChI=1S/C71H135NO8/c1-6-8-10-12-14-16-18-20-22-24-26-27-28-29-30-31-32-33-34-35-36-37-38-39-40-41-42-43-44-46-47-49-51-53-55-57-59-61-68(73)78-65-67(66-79-71(70(75)76)77-64-63-72(3,4)5)80-69(74)62-60-58-56-54-52-50-48-45-25-23-21-19-17-15-13-11-9-7-2/h17,19,23,25,67,71H,6-16,18,20-22,24,26-66H2,1-5H3/p+1/b19-17-,25-23-. The Labute approximate surface area is 497 Å². The lowest BCUT2D eigenvalue weighted by Gasteiger charge is -2.25. The van der Waals surface area contributed by atoms with E-state index in [1.807, 2.05) is 21.1 Å². The van der Waals surface area contributed by atoms with Crippen molar-refractivity contribution in [1.82, 2.24) is 0 Å². The average Bonchev–Trinajstić information content (AvgIpc) is 3.43. The molecule has 9 nitrogen and oxygen atoms in total. The summed E-state index contributed by atoms with van der Waals surface area (Å²) >= 11 is 0. The molecule has 2 unspecified atom stereocenters. The molecule has 0 radical (unpaired) electrons. The molecule has 0 aliphatic carbocycles. The molecule has 1 N–H and O–H groups in total. The second kappa shape index (κ2) is 62.8. The number of carbonyl (C=O) groups is 3. The lowest BCUT2D eigenvalue weighted by Crippen LogP contribution is -2.40. The van der Waals surface area contributed by atoms with E-state index in [2.05, 4.69) is 38.2 Å². The van der Waals surface area contributed by atoms with Crippen LogP contribution in [0.3, 0.4) is 0 Å². The van der Waals surface area contributed by atoms with Gasteiger partial charge in [0, 0.05) is 12.8 Å². The van der Waals surface area contributed by atoms with Gasteiger partial charge in [-0.2, -0.15) is 0 Å². The predicted octanol–water partition coefficient (Wildman–Crippen LogP) is 21.4. The number of esters is 2. The summed E-state index contributed by atoms with van der Waals surface area (Å²) in [5.41, 5.74) is 0. The number of carbonyl (C=O) groups excluding carboxylic acids is 2. The molecule has 0 rings (SSSR count). The van der Waals surface area contributed by atoms with E-state index >= 15 is 0 Å². The van der Waals surface area contributed by atoms with Gasteiger partial charge in [0.1, 0.15) is 13.2 Å². The van der Waals surface area contributed by atoms with Crippen LogP contribution in [-0.2, 0) is 33.3 Å². The van der Waals surface area contributed by atoms with E-state index in [-0.39, 0.29) is 32.2 Å². The molecule has 0 heterocycles. The third kappa shape index (κ3) is 63.4. The zero-order chi connectivity index (χ0) is 58.3. The Morgan fingerprint density at radius 3 is 1.00 bits per heavy atom. The van der Waals surface area contributed by atoms with E-state index in [9.17, 15) is 19.5 Å². The first-order valence-corrected chi connectivity index (χ1v) is 35.0. The molecule has 0 spiro atoms. The van der Waals surface area contributed by atoms with Gasteiger partial charge in [-0.05, 0) is 44.9 Å². The first-order valence-electron chi connectivity index (χ1n) is 35.0. The molecular formula is C71H136NO8+. The number of quaternary nitrogens is 1. The number of carboxylic acid groups (broad SMARTS) is 1. The van der Waals surface area contributed by atoms with Crippen LogP contribution in [0.5, 0.6) is 0 Å². The van der Waals surface area contributed by atoms with Gasteiger partial charge in [-0.15, -0.1) is 0 Å². The van der Waals surface area contributed by atoms with Gasteiger partial charge in [0.2, 0.25) is 0 Å². The summed E-state index contributed by atoms with van der Waals surface area (Å²) in [5, 5.41) is 9.72.